The van der Waals surface area contributed by atoms with Gasteiger partial charge in [-0.15, -0.1) is 0 Å². The van der Waals surface area contributed by atoms with Crippen molar-refractivity contribution < 1.29 is 159 Å². The average Bonchev–Trinajstić information content (AvgIpc) is 3.35. The van der Waals surface area contributed by atoms with Crippen molar-refractivity contribution in [1.82, 2.24) is 0 Å². The Balaban J connectivity index is 1.08. The fourth-order valence-electron chi connectivity index (χ4n) is 8.80. The lowest BCUT2D eigenvalue weighted by Crippen LogP contribution is -2.68. The van der Waals surface area contributed by atoms with E-state index < -0.39 is 223 Å². The molecule has 6 heterocycles. The van der Waals surface area contributed by atoms with Crippen molar-refractivity contribution in [2.75, 3.05) is 46.2 Å². The lowest BCUT2D eigenvalue weighted by Gasteiger charge is -2.49. The normalized spacial score (nSPS) is 51.0. The van der Waals surface area contributed by atoms with Gasteiger partial charge in [-0.1, -0.05) is 0 Å². The van der Waals surface area contributed by atoms with E-state index in [-0.39, 0.29) is 13.2 Å². The van der Waals surface area contributed by atoms with Gasteiger partial charge in [-0.25, -0.2) is 4.79 Å². The smallest absolute Gasteiger partial charge is 0.335 e. The Hall–Kier alpha value is -1.77. The van der Waals surface area contributed by atoms with Crippen LogP contribution >= 0.6 is 0 Å². The Kier molecular flexibility index (Phi) is 20.9. The molecule has 6 aliphatic rings. The maximum Gasteiger partial charge on any atom is 0.335 e. The Labute approximate surface area is 400 Å². The quantitative estimate of drug-likeness (QED) is 0.0571. The van der Waals surface area contributed by atoms with Crippen molar-refractivity contribution in [3.8, 4) is 0 Å². The third-order valence-corrected chi connectivity index (χ3v) is 12.8. The number of nitrogens with two attached hydrogens (primary N) is 1. The van der Waals surface area contributed by atoms with Crippen LogP contribution in [0.2, 0.25) is 0 Å². The molecule has 0 aromatic rings. The van der Waals surface area contributed by atoms with Crippen LogP contribution in [-0.2, 0) is 61.6 Å². The second-order valence-electron chi connectivity index (χ2n) is 17.4. The van der Waals surface area contributed by atoms with Crippen molar-refractivity contribution in [2.45, 2.75) is 184 Å². The van der Waals surface area contributed by atoms with Crippen LogP contribution in [0.15, 0.2) is 0 Å². The molecule has 0 amide bonds. The molecule has 6 saturated heterocycles. The van der Waals surface area contributed by atoms with E-state index in [0.717, 1.165) is 0 Å². The van der Waals surface area contributed by atoms with Gasteiger partial charge in [0.15, 0.2) is 43.8 Å². The summed E-state index contributed by atoms with van der Waals surface area (Å²) >= 11 is 0. The minimum atomic E-state index is -2.36. The van der Waals surface area contributed by atoms with Gasteiger partial charge in [0.05, 0.1) is 39.6 Å². The van der Waals surface area contributed by atoms with E-state index in [1.165, 1.54) is 0 Å². The van der Waals surface area contributed by atoms with Gasteiger partial charge in [-0.05, 0) is 0 Å². The topological polar surface area (TPSA) is 538 Å². The molecule has 71 heavy (non-hydrogen) atoms. The van der Waals surface area contributed by atoms with Crippen LogP contribution in [0.1, 0.15) is 0 Å². The minimum Gasteiger partial charge on any atom is -0.479 e. The molecule has 414 valence electrons. The number of rotatable bonds is 19. The first-order chi connectivity index (χ1) is 33.7. The number of ether oxygens (including phenoxy) is 12. The van der Waals surface area contributed by atoms with Crippen LogP contribution in [0, 0.1) is 0 Å². The van der Waals surface area contributed by atoms with E-state index in [1.807, 2.05) is 0 Å². The summed E-state index contributed by atoms with van der Waals surface area (Å²) in [5.41, 5.74) is 5.40. The number of aliphatic hydroxyl groups is 18. The molecule has 0 spiro atoms. The van der Waals surface area contributed by atoms with E-state index in [4.69, 9.17) is 62.6 Å². The van der Waals surface area contributed by atoms with Crippen molar-refractivity contribution in [2.24, 2.45) is 5.73 Å². The van der Waals surface area contributed by atoms with Crippen LogP contribution < -0.4 is 5.73 Å². The molecule has 0 aliphatic carbocycles. The highest BCUT2D eigenvalue weighted by molar-refractivity contribution is 5.73. The Bertz CT molecular complexity index is 1640. The number of hydrogen-bond donors (Lipinski definition) is 20. The SMILES string of the molecule is NCCO[C@H]1OC(CO)[C@H](O[C@H]2OC(CO)[C@@H](O[C@@H]3OC(CO)[C@@H](O[C@@H]4OC(C(=O)O)[C@@H](O[C@H]5OC(CO)[C@H](O[C@H]6OC(CO)[C@@H](O)C(O)C6O)C(O)C5O)C(O)[C@@H]4O)C(O)C3O)C(O)C2O)[C@H](O)C1O. The van der Waals surface area contributed by atoms with E-state index >= 15 is 0 Å². The van der Waals surface area contributed by atoms with Gasteiger partial charge in [-0.3, -0.25) is 0 Å². The molecule has 0 aromatic heterocycles. The van der Waals surface area contributed by atoms with E-state index in [0.29, 0.717) is 0 Å². The third-order valence-electron chi connectivity index (χ3n) is 12.8. The first kappa shape index (κ1) is 58.5. The summed E-state index contributed by atoms with van der Waals surface area (Å²) in [7, 11) is 0. The number of aliphatic hydroxyl groups excluding tert-OH is 18. The van der Waals surface area contributed by atoms with Crippen molar-refractivity contribution >= 4 is 5.97 Å². The standard InChI is InChI=1S/C38H65NO32/c39-1-2-60-33-21(53)15(47)26(9(4-41)62-33)67-35-22(54)16(48)28(10(5-42)63-35)68-36-23(55)17(49)29(12(7-44)64-36)69-38-25(57)19(51)30(31(71-38)32(58)59)70-37-24(56)18(50)27(11(6-43)65-37)66-34-20(52)14(46)13(45)8(3-40)61-34/h8-31,33-38,40-57H,1-7,39H2,(H,58,59)/t8?,9?,10?,11?,12?,13-,14?,15-,16?,17?,18?,19?,20?,21?,22?,23?,24?,25+,26+,27+,28-,29-,30+,31?,33+,34-,35-,36+,37-,38-/m1/s1. The number of carboxylic acids is 1. The third kappa shape index (κ3) is 12.3. The van der Waals surface area contributed by atoms with Crippen molar-refractivity contribution in [3.63, 3.8) is 0 Å². The molecule has 33 nitrogen and oxygen atoms in total. The molecule has 0 radical (unpaired) electrons. The highest BCUT2D eigenvalue weighted by atomic mass is 16.8. The monoisotopic (exact) mass is 1050 g/mol. The molecule has 16 unspecified atom stereocenters. The number of carboxylic acid groups (broad SMARTS) is 1. The predicted octanol–water partition coefficient (Wildman–Crippen LogP) is -14.0. The summed E-state index contributed by atoms with van der Waals surface area (Å²) in [4.78, 5) is 12.5. The lowest BCUT2D eigenvalue weighted by atomic mass is 9.95. The van der Waals surface area contributed by atoms with Gasteiger partial charge in [0.1, 0.15) is 140 Å². The molecule has 0 aromatic carbocycles. The Morgan fingerprint density at radius 2 is 0.620 bits per heavy atom. The van der Waals surface area contributed by atoms with Crippen LogP contribution in [0.5, 0.6) is 0 Å². The Morgan fingerprint density at radius 1 is 0.352 bits per heavy atom. The molecule has 6 fully saturated rings. The first-order valence-corrected chi connectivity index (χ1v) is 22.3. The zero-order chi connectivity index (χ0) is 52.3. The highest BCUT2D eigenvalue weighted by Gasteiger charge is 2.58. The van der Waals surface area contributed by atoms with Crippen molar-refractivity contribution in [3.05, 3.63) is 0 Å². The molecule has 21 N–H and O–H groups in total. The minimum absolute atomic E-state index is 0.0190. The number of carbonyl (C=O) groups is 1. The summed E-state index contributed by atoms with van der Waals surface area (Å²) in [5.74, 6) is -1.91. The summed E-state index contributed by atoms with van der Waals surface area (Å²) in [5, 5.41) is 201. The summed E-state index contributed by atoms with van der Waals surface area (Å²) < 4.78 is 65.8. The molecule has 0 bridgehead atoms. The molecule has 0 saturated carbocycles. The fourth-order valence-corrected chi connectivity index (χ4v) is 8.80. The van der Waals surface area contributed by atoms with Crippen LogP contribution in [0.25, 0.3) is 0 Å². The predicted molar refractivity (Wildman–Crippen MR) is 212 cm³/mol. The van der Waals surface area contributed by atoms with Crippen LogP contribution in [0.4, 0.5) is 0 Å². The average molecular weight is 1050 g/mol. The van der Waals surface area contributed by atoms with Crippen LogP contribution in [-0.4, -0.2) is 333 Å². The second-order valence-corrected chi connectivity index (χ2v) is 17.4. The van der Waals surface area contributed by atoms with Gasteiger partial charge >= 0.3 is 5.97 Å². The molecular weight excluding hydrogens is 982 g/mol. The fraction of sp³-hybridized carbons (Fsp3) is 0.974. The van der Waals surface area contributed by atoms with Gasteiger partial charge in [0.2, 0.25) is 0 Å². The lowest BCUT2D eigenvalue weighted by molar-refractivity contribution is -0.393. The maximum absolute atomic E-state index is 12.5. The summed E-state index contributed by atoms with van der Waals surface area (Å²) in [6.45, 7) is -4.87. The number of aliphatic carboxylic acids is 1. The molecule has 6 rings (SSSR count). The van der Waals surface area contributed by atoms with Gasteiger partial charge in [0, 0.05) is 6.54 Å². The van der Waals surface area contributed by atoms with E-state index in [1.54, 1.807) is 0 Å². The van der Waals surface area contributed by atoms with E-state index in [2.05, 4.69) is 0 Å². The zero-order valence-electron chi connectivity index (χ0n) is 37.2. The molecular formula is C38H65NO32. The maximum atomic E-state index is 12.5. The summed E-state index contributed by atoms with van der Waals surface area (Å²) in [6, 6.07) is 0. The molecule has 6 aliphatic heterocycles. The largest absolute Gasteiger partial charge is 0.479 e. The van der Waals surface area contributed by atoms with Gasteiger partial charge < -0.3 is 160 Å². The first-order valence-electron chi connectivity index (χ1n) is 22.3. The van der Waals surface area contributed by atoms with Crippen molar-refractivity contribution in [1.29, 1.82) is 0 Å². The number of hydrogen-bond acceptors (Lipinski definition) is 32. The second kappa shape index (κ2) is 25.4. The summed E-state index contributed by atoms with van der Waals surface area (Å²) in [6.07, 6.45) is -58.6. The highest BCUT2D eigenvalue weighted by Crippen LogP contribution is 2.37. The van der Waals surface area contributed by atoms with E-state index in [9.17, 15) is 102 Å². The Morgan fingerprint density at radius 3 is 0.944 bits per heavy atom. The van der Waals surface area contributed by atoms with Gasteiger partial charge in [0.25, 0.3) is 0 Å². The molecule has 30 atom stereocenters. The van der Waals surface area contributed by atoms with Crippen LogP contribution in [0.3, 0.4) is 0 Å². The molecule has 33 heteroatoms. The van der Waals surface area contributed by atoms with Gasteiger partial charge in [-0.2, -0.15) is 0 Å². The zero-order valence-corrected chi connectivity index (χ0v) is 37.2.